The maximum atomic E-state index is 9.72. The van der Waals surface area contributed by atoms with Crippen molar-refractivity contribution in [3.05, 3.63) is 60.7 Å². The number of nitrogens with one attached hydrogen (secondary N) is 1. The molecule has 4 heteroatoms. The van der Waals surface area contributed by atoms with Crippen LogP contribution < -0.4 is 5.32 Å². The third kappa shape index (κ3) is 7.50. The Kier molecular flexibility index (Phi) is 7.71. The lowest BCUT2D eigenvalue weighted by Gasteiger charge is -2.04. The highest BCUT2D eigenvalue weighted by Gasteiger charge is 1.90. The van der Waals surface area contributed by atoms with Crippen LogP contribution in [0.25, 0.3) is 0 Å². The Hall–Kier alpha value is -1.51. The van der Waals surface area contributed by atoms with Gasteiger partial charge in [0.1, 0.15) is 0 Å². The van der Waals surface area contributed by atoms with Crippen molar-refractivity contribution in [2.45, 2.75) is 6.42 Å². The molecular weight excluding hydrogens is 281 g/mol. The van der Waals surface area contributed by atoms with Gasteiger partial charge < -0.3 is 5.32 Å². The van der Waals surface area contributed by atoms with Crippen LogP contribution in [0, 0.1) is 0 Å². The summed E-state index contributed by atoms with van der Waals surface area (Å²) in [5.74, 6) is 0.322. The molecule has 2 rings (SSSR count). The fourth-order valence-electron chi connectivity index (χ4n) is 1.28. The summed E-state index contributed by atoms with van der Waals surface area (Å²) in [5.41, 5.74) is 2.24. The predicted molar refractivity (Wildman–Crippen MR) is 82.4 cm³/mol. The van der Waals surface area contributed by atoms with Gasteiger partial charge in [-0.05, 0) is 35.9 Å². The number of halogens is 2. The number of anilines is 2. The van der Waals surface area contributed by atoms with Crippen LogP contribution in [0.15, 0.2) is 60.7 Å². The van der Waals surface area contributed by atoms with Gasteiger partial charge in [0.05, 0.1) is 0 Å². The fourth-order valence-corrected chi connectivity index (χ4v) is 1.65. The number of hydrogen-bond donors (Lipinski definition) is 1. The van der Waals surface area contributed by atoms with Crippen molar-refractivity contribution in [2.75, 3.05) is 11.2 Å². The monoisotopic (exact) mass is 295 g/mol. The Morgan fingerprint density at radius 1 is 0.895 bits per heavy atom. The smallest absolute Gasteiger partial charge is 0.222 e. The molecule has 0 saturated carbocycles. The third-order valence-electron chi connectivity index (χ3n) is 2.13. The van der Waals surface area contributed by atoms with Gasteiger partial charge in [-0.25, -0.2) is 0 Å². The van der Waals surface area contributed by atoms with Crippen molar-refractivity contribution in [3.8, 4) is 0 Å². The second kappa shape index (κ2) is 9.42. The lowest BCUT2D eigenvalue weighted by Crippen LogP contribution is -1.87. The van der Waals surface area contributed by atoms with Crippen LogP contribution in [0.1, 0.15) is 6.42 Å². The molecule has 0 bridgehead atoms. The quantitative estimate of drug-likeness (QED) is 0.648. The van der Waals surface area contributed by atoms with E-state index in [0.29, 0.717) is 5.88 Å². The minimum atomic E-state index is -0.370. The van der Waals surface area contributed by atoms with Crippen LogP contribution in [-0.2, 0) is 4.79 Å². The molecule has 1 N–H and O–H groups in total. The van der Waals surface area contributed by atoms with Crippen molar-refractivity contribution in [2.24, 2.45) is 0 Å². The molecule has 0 atom stereocenters. The predicted octanol–water partition coefficient (Wildman–Crippen LogP) is 4.81. The SMILES string of the molecule is O=C(Cl)CCCl.c1ccc(Nc2ccccc2)cc1. The molecular formula is C15H15Cl2NO. The standard InChI is InChI=1S/C12H11N.C3H4Cl2O/c1-3-7-11(8-4-1)13-12-9-5-2-6-10-12;4-2-1-3(5)6/h1-10,13H;1-2H2. The number of alkyl halides is 1. The van der Waals surface area contributed by atoms with Crippen LogP contribution in [-0.4, -0.2) is 11.1 Å². The number of benzene rings is 2. The average molecular weight is 296 g/mol. The zero-order valence-corrected chi connectivity index (χ0v) is 11.9. The minimum Gasteiger partial charge on any atom is -0.356 e. The van der Waals surface area contributed by atoms with Gasteiger partial charge in [-0.1, -0.05) is 36.4 Å². The molecule has 0 aromatic heterocycles. The molecule has 2 aromatic rings. The highest BCUT2D eigenvalue weighted by Crippen LogP contribution is 2.14. The van der Waals surface area contributed by atoms with Gasteiger partial charge in [0.25, 0.3) is 0 Å². The number of hydrogen-bond acceptors (Lipinski definition) is 2. The number of carbonyl (C=O) groups excluding carboxylic acids is 1. The summed E-state index contributed by atoms with van der Waals surface area (Å²) < 4.78 is 0. The molecule has 0 unspecified atom stereocenters. The highest BCUT2D eigenvalue weighted by molar-refractivity contribution is 6.63. The van der Waals surface area contributed by atoms with E-state index in [1.54, 1.807) is 0 Å². The van der Waals surface area contributed by atoms with Crippen molar-refractivity contribution in [1.82, 2.24) is 0 Å². The highest BCUT2D eigenvalue weighted by atomic mass is 35.5. The Balaban J connectivity index is 0.000000258. The van der Waals surface area contributed by atoms with E-state index in [9.17, 15) is 4.79 Å². The summed E-state index contributed by atoms with van der Waals surface area (Å²) in [7, 11) is 0. The van der Waals surface area contributed by atoms with Crippen molar-refractivity contribution >= 4 is 39.8 Å². The average Bonchev–Trinajstić information content (AvgIpc) is 2.41. The molecule has 100 valence electrons. The first-order chi connectivity index (χ1) is 9.22. The first-order valence-corrected chi connectivity index (χ1v) is 6.75. The summed E-state index contributed by atoms with van der Waals surface area (Å²) in [6.07, 6.45) is 0.267. The lowest BCUT2D eigenvalue weighted by molar-refractivity contribution is -0.111. The number of carbonyl (C=O) groups is 1. The second-order valence-corrected chi connectivity index (χ2v) is 4.45. The van der Waals surface area contributed by atoms with Gasteiger partial charge >= 0.3 is 0 Å². The van der Waals surface area contributed by atoms with Gasteiger partial charge in [-0.3, -0.25) is 4.79 Å². The number of para-hydroxylation sites is 2. The summed E-state index contributed by atoms with van der Waals surface area (Å²) >= 11 is 9.95. The van der Waals surface area contributed by atoms with Crippen LogP contribution in [0.2, 0.25) is 0 Å². The molecule has 19 heavy (non-hydrogen) atoms. The topological polar surface area (TPSA) is 29.1 Å². The number of rotatable bonds is 4. The Morgan fingerprint density at radius 3 is 1.58 bits per heavy atom. The normalized spacial score (nSPS) is 9.16. The van der Waals surface area contributed by atoms with Gasteiger partial charge in [0.2, 0.25) is 5.24 Å². The molecule has 0 heterocycles. The van der Waals surface area contributed by atoms with E-state index < -0.39 is 0 Å². The lowest BCUT2D eigenvalue weighted by atomic mass is 10.3. The first kappa shape index (κ1) is 15.5. The van der Waals surface area contributed by atoms with Crippen LogP contribution in [0.4, 0.5) is 11.4 Å². The Bertz CT molecular complexity index is 437. The van der Waals surface area contributed by atoms with E-state index in [1.807, 2.05) is 60.7 Å². The summed E-state index contributed by atoms with van der Waals surface area (Å²) in [4.78, 5) is 9.72. The van der Waals surface area contributed by atoms with E-state index in [-0.39, 0.29) is 11.7 Å². The summed E-state index contributed by atoms with van der Waals surface area (Å²) in [6, 6.07) is 20.3. The largest absolute Gasteiger partial charge is 0.356 e. The zero-order valence-electron chi connectivity index (χ0n) is 10.4. The molecule has 0 aliphatic rings. The van der Waals surface area contributed by atoms with E-state index in [0.717, 1.165) is 11.4 Å². The summed E-state index contributed by atoms with van der Waals surface area (Å²) in [6.45, 7) is 0. The molecule has 0 amide bonds. The molecule has 0 radical (unpaired) electrons. The molecule has 2 aromatic carbocycles. The van der Waals surface area contributed by atoms with Gasteiger partial charge in [0, 0.05) is 23.7 Å². The van der Waals surface area contributed by atoms with Gasteiger partial charge in [0.15, 0.2) is 0 Å². The molecule has 0 saturated heterocycles. The fraction of sp³-hybridized carbons (Fsp3) is 0.133. The first-order valence-electron chi connectivity index (χ1n) is 5.84. The third-order valence-corrected chi connectivity index (χ3v) is 2.51. The van der Waals surface area contributed by atoms with E-state index in [1.165, 1.54) is 0 Å². The van der Waals surface area contributed by atoms with Gasteiger partial charge in [-0.15, -0.1) is 11.6 Å². The van der Waals surface area contributed by atoms with Gasteiger partial charge in [-0.2, -0.15) is 0 Å². The molecule has 2 nitrogen and oxygen atoms in total. The molecule has 0 spiro atoms. The molecule has 0 fully saturated rings. The molecule has 0 aliphatic heterocycles. The Morgan fingerprint density at radius 2 is 1.32 bits per heavy atom. The van der Waals surface area contributed by atoms with Crippen molar-refractivity contribution < 1.29 is 4.79 Å². The Labute approximate surface area is 123 Å². The second-order valence-electron chi connectivity index (χ2n) is 3.65. The molecule has 0 aliphatic carbocycles. The van der Waals surface area contributed by atoms with E-state index in [2.05, 4.69) is 5.32 Å². The maximum absolute atomic E-state index is 9.72. The zero-order chi connectivity index (χ0) is 13.9. The summed E-state index contributed by atoms with van der Waals surface area (Å²) in [5, 5.41) is 2.93. The van der Waals surface area contributed by atoms with Crippen LogP contribution in [0.5, 0.6) is 0 Å². The maximum Gasteiger partial charge on any atom is 0.222 e. The van der Waals surface area contributed by atoms with E-state index in [4.69, 9.17) is 23.2 Å². The minimum absolute atomic E-state index is 0.267. The van der Waals surface area contributed by atoms with E-state index >= 15 is 0 Å². The van der Waals surface area contributed by atoms with Crippen molar-refractivity contribution in [3.63, 3.8) is 0 Å². The van der Waals surface area contributed by atoms with Crippen molar-refractivity contribution in [1.29, 1.82) is 0 Å². The van der Waals surface area contributed by atoms with Crippen LogP contribution >= 0.6 is 23.2 Å². The van der Waals surface area contributed by atoms with Crippen LogP contribution in [0.3, 0.4) is 0 Å².